The average molecular weight is 267 g/mol. The smallest absolute Gasteiger partial charge is 0.223 e. The van der Waals surface area contributed by atoms with Crippen molar-refractivity contribution in [3.63, 3.8) is 0 Å². The molecule has 0 aromatic rings. The minimum atomic E-state index is 0.202. The maximum absolute atomic E-state index is 12.2. The molecular formula is C15H29N3O. The van der Waals surface area contributed by atoms with Crippen molar-refractivity contribution >= 4 is 5.91 Å². The molecule has 0 radical (unpaired) electrons. The van der Waals surface area contributed by atoms with Crippen LogP contribution in [-0.4, -0.2) is 50.6 Å². The zero-order valence-electron chi connectivity index (χ0n) is 12.7. The van der Waals surface area contributed by atoms with Crippen molar-refractivity contribution < 1.29 is 4.79 Å². The summed E-state index contributed by atoms with van der Waals surface area (Å²) in [6.45, 7) is 9.71. The predicted octanol–water partition coefficient (Wildman–Crippen LogP) is 1.08. The molecule has 2 rings (SSSR count). The Kier molecular flexibility index (Phi) is 4.85. The van der Waals surface area contributed by atoms with Crippen LogP contribution < -0.4 is 10.6 Å². The maximum Gasteiger partial charge on any atom is 0.223 e. The van der Waals surface area contributed by atoms with Crippen LogP contribution in [0.3, 0.4) is 0 Å². The van der Waals surface area contributed by atoms with E-state index in [0.717, 1.165) is 39.0 Å². The third kappa shape index (κ3) is 3.93. The second-order valence-electron chi connectivity index (χ2n) is 6.98. The van der Waals surface area contributed by atoms with E-state index in [-0.39, 0.29) is 17.2 Å². The first-order valence-electron chi connectivity index (χ1n) is 7.66. The topological polar surface area (TPSA) is 44.4 Å². The van der Waals surface area contributed by atoms with E-state index in [1.165, 1.54) is 13.0 Å². The maximum atomic E-state index is 12.2. The second kappa shape index (κ2) is 6.23. The van der Waals surface area contributed by atoms with Gasteiger partial charge in [-0.15, -0.1) is 0 Å². The Bertz CT molecular complexity index is 311. The highest BCUT2D eigenvalue weighted by molar-refractivity contribution is 5.78. The number of carbonyl (C=O) groups excluding carboxylic acids is 1. The van der Waals surface area contributed by atoms with Crippen LogP contribution in [0, 0.1) is 17.3 Å². The lowest BCUT2D eigenvalue weighted by Crippen LogP contribution is -2.44. The minimum Gasteiger partial charge on any atom is -0.355 e. The van der Waals surface area contributed by atoms with E-state index in [4.69, 9.17) is 0 Å². The van der Waals surface area contributed by atoms with Crippen molar-refractivity contribution in [3.8, 4) is 0 Å². The number of carbonyl (C=O) groups is 1. The van der Waals surface area contributed by atoms with Gasteiger partial charge in [-0.25, -0.2) is 0 Å². The Morgan fingerprint density at radius 3 is 2.58 bits per heavy atom. The van der Waals surface area contributed by atoms with Crippen LogP contribution in [0.25, 0.3) is 0 Å². The number of amides is 1. The van der Waals surface area contributed by atoms with Crippen molar-refractivity contribution in [2.24, 2.45) is 17.3 Å². The summed E-state index contributed by atoms with van der Waals surface area (Å²) in [5.41, 5.74) is 0.202. The van der Waals surface area contributed by atoms with Gasteiger partial charge in [-0.2, -0.15) is 0 Å². The molecule has 0 aromatic heterocycles. The lowest BCUT2D eigenvalue weighted by atomic mass is 9.78. The highest BCUT2D eigenvalue weighted by atomic mass is 16.1. The number of hydrogen-bond acceptors (Lipinski definition) is 3. The van der Waals surface area contributed by atoms with Gasteiger partial charge in [-0.05, 0) is 57.3 Å². The molecule has 0 bridgehead atoms. The van der Waals surface area contributed by atoms with Crippen molar-refractivity contribution in [3.05, 3.63) is 0 Å². The highest BCUT2D eigenvalue weighted by Gasteiger charge is 2.34. The van der Waals surface area contributed by atoms with Crippen LogP contribution in [0.4, 0.5) is 0 Å². The van der Waals surface area contributed by atoms with Crippen LogP contribution in [0.2, 0.25) is 0 Å². The van der Waals surface area contributed by atoms with Crippen molar-refractivity contribution in [2.45, 2.75) is 33.1 Å². The second-order valence-corrected chi connectivity index (χ2v) is 6.98. The summed E-state index contributed by atoms with van der Waals surface area (Å²) < 4.78 is 0. The first-order chi connectivity index (χ1) is 8.99. The normalized spacial score (nSPS) is 26.6. The number of piperidine rings is 1. The lowest BCUT2D eigenvalue weighted by molar-refractivity contribution is -0.126. The molecule has 2 aliphatic heterocycles. The molecule has 0 saturated carbocycles. The lowest BCUT2D eigenvalue weighted by Gasteiger charge is -2.33. The van der Waals surface area contributed by atoms with Gasteiger partial charge in [-0.1, -0.05) is 13.8 Å². The Morgan fingerprint density at radius 1 is 1.32 bits per heavy atom. The molecule has 19 heavy (non-hydrogen) atoms. The van der Waals surface area contributed by atoms with E-state index in [2.05, 4.69) is 36.4 Å². The summed E-state index contributed by atoms with van der Waals surface area (Å²) in [6, 6.07) is 0. The molecular weight excluding hydrogens is 238 g/mol. The van der Waals surface area contributed by atoms with Gasteiger partial charge < -0.3 is 15.5 Å². The SMILES string of the molecule is CN1CCC(C(C)(C)CNC(=O)C2CCNCC2)C1. The van der Waals surface area contributed by atoms with Gasteiger partial charge in [0.2, 0.25) is 5.91 Å². The molecule has 110 valence electrons. The fraction of sp³-hybridized carbons (Fsp3) is 0.933. The summed E-state index contributed by atoms with van der Waals surface area (Å²) in [4.78, 5) is 14.6. The highest BCUT2D eigenvalue weighted by Crippen LogP contribution is 2.33. The van der Waals surface area contributed by atoms with E-state index < -0.39 is 0 Å². The summed E-state index contributed by atoms with van der Waals surface area (Å²) in [5.74, 6) is 1.19. The van der Waals surface area contributed by atoms with E-state index in [1.807, 2.05) is 0 Å². The van der Waals surface area contributed by atoms with Crippen molar-refractivity contribution in [2.75, 3.05) is 39.8 Å². The number of rotatable bonds is 4. The molecule has 2 saturated heterocycles. The number of nitrogens with one attached hydrogen (secondary N) is 2. The van der Waals surface area contributed by atoms with Gasteiger partial charge in [0.15, 0.2) is 0 Å². The van der Waals surface area contributed by atoms with Crippen LogP contribution in [0.5, 0.6) is 0 Å². The summed E-state index contributed by atoms with van der Waals surface area (Å²) >= 11 is 0. The number of nitrogens with zero attached hydrogens (tertiary/aromatic N) is 1. The van der Waals surface area contributed by atoms with Gasteiger partial charge in [0, 0.05) is 19.0 Å². The Balaban J connectivity index is 1.78. The fourth-order valence-corrected chi connectivity index (χ4v) is 3.26. The first-order valence-corrected chi connectivity index (χ1v) is 7.66. The van der Waals surface area contributed by atoms with Gasteiger partial charge in [0.05, 0.1) is 0 Å². The van der Waals surface area contributed by atoms with Crippen molar-refractivity contribution in [1.29, 1.82) is 0 Å². The Labute approximate surface area is 117 Å². The molecule has 4 heteroatoms. The van der Waals surface area contributed by atoms with E-state index in [1.54, 1.807) is 0 Å². The van der Waals surface area contributed by atoms with Crippen molar-refractivity contribution in [1.82, 2.24) is 15.5 Å². The average Bonchev–Trinajstić information content (AvgIpc) is 2.85. The van der Waals surface area contributed by atoms with Crippen LogP contribution >= 0.6 is 0 Å². The van der Waals surface area contributed by atoms with Gasteiger partial charge in [0.25, 0.3) is 0 Å². The quantitative estimate of drug-likeness (QED) is 0.801. The fourth-order valence-electron chi connectivity index (χ4n) is 3.26. The Morgan fingerprint density at radius 2 is 2.00 bits per heavy atom. The minimum absolute atomic E-state index is 0.202. The van der Waals surface area contributed by atoms with Gasteiger partial charge >= 0.3 is 0 Å². The van der Waals surface area contributed by atoms with E-state index in [0.29, 0.717) is 5.92 Å². The van der Waals surface area contributed by atoms with Crippen LogP contribution in [0.1, 0.15) is 33.1 Å². The Hall–Kier alpha value is -0.610. The number of likely N-dealkylation sites (tertiary alicyclic amines) is 1. The van der Waals surface area contributed by atoms with Gasteiger partial charge in [0.1, 0.15) is 0 Å². The van der Waals surface area contributed by atoms with E-state index >= 15 is 0 Å². The summed E-state index contributed by atoms with van der Waals surface area (Å²) in [6.07, 6.45) is 3.23. The third-order valence-corrected chi connectivity index (χ3v) is 4.92. The molecule has 1 unspecified atom stereocenters. The molecule has 2 heterocycles. The van der Waals surface area contributed by atoms with E-state index in [9.17, 15) is 4.79 Å². The van der Waals surface area contributed by atoms with Gasteiger partial charge in [-0.3, -0.25) is 4.79 Å². The molecule has 2 N–H and O–H groups in total. The zero-order chi connectivity index (χ0) is 13.9. The van der Waals surface area contributed by atoms with Crippen LogP contribution in [-0.2, 0) is 4.79 Å². The largest absolute Gasteiger partial charge is 0.355 e. The molecule has 1 amide bonds. The molecule has 2 aliphatic rings. The summed E-state index contributed by atoms with van der Waals surface area (Å²) in [7, 11) is 2.18. The summed E-state index contributed by atoms with van der Waals surface area (Å²) in [5, 5.41) is 6.51. The standard InChI is InChI=1S/C15H29N3O/c1-15(2,13-6-9-18(3)10-13)11-17-14(19)12-4-7-16-8-5-12/h12-13,16H,4-11H2,1-3H3,(H,17,19). The molecule has 0 aromatic carbocycles. The monoisotopic (exact) mass is 267 g/mol. The first kappa shape index (κ1) is 14.8. The molecule has 2 fully saturated rings. The zero-order valence-corrected chi connectivity index (χ0v) is 12.7. The molecule has 1 atom stereocenters. The molecule has 4 nitrogen and oxygen atoms in total. The predicted molar refractivity (Wildman–Crippen MR) is 78.0 cm³/mol. The molecule has 0 aliphatic carbocycles. The number of hydrogen-bond donors (Lipinski definition) is 2. The molecule has 0 spiro atoms. The third-order valence-electron chi connectivity index (χ3n) is 4.92. The van der Waals surface area contributed by atoms with Crippen LogP contribution in [0.15, 0.2) is 0 Å².